The largest absolute Gasteiger partial charge is 0.298 e. The van der Waals surface area contributed by atoms with Gasteiger partial charge in [0, 0.05) is 15.5 Å². The summed E-state index contributed by atoms with van der Waals surface area (Å²) in [7, 11) is 0. The molecule has 2 nitrogen and oxygen atoms in total. The maximum absolute atomic E-state index is 4.73. The van der Waals surface area contributed by atoms with Crippen LogP contribution in [0.2, 0.25) is 0 Å². The minimum Gasteiger partial charge on any atom is -0.298 e. The smallest absolute Gasteiger partial charge is 0.0706 e. The van der Waals surface area contributed by atoms with Crippen molar-refractivity contribution in [2.45, 2.75) is 19.4 Å². The van der Waals surface area contributed by atoms with Gasteiger partial charge in [-0.25, -0.2) is 0 Å². The number of hydrogen-bond donors (Lipinski definition) is 0. The molecule has 17 heavy (non-hydrogen) atoms. The molecule has 2 heterocycles. The number of likely N-dealkylation sites (tertiary alicyclic amines) is 1. The molecule has 0 atom stereocenters. The van der Waals surface area contributed by atoms with E-state index in [0.717, 1.165) is 12.1 Å². The topological polar surface area (TPSA) is 16.1 Å². The Kier molecular flexibility index (Phi) is 3.29. The van der Waals surface area contributed by atoms with Crippen LogP contribution in [0.5, 0.6) is 0 Å². The van der Waals surface area contributed by atoms with Crippen molar-refractivity contribution in [3.05, 3.63) is 39.6 Å². The van der Waals surface area contributed by atoms with Gasteiger partial charge in [-0.2, -0.15) is 0 Å². The Morgan fingerprint density at radius 1 is 1.12 bits per heavy atom. The highest BCUT2D eigenvalue weighted by Gasteiger charge is 2.12. The van der Waals surface area contributed by atoms with E-state index in [0.29, 0.717) is 0 Å². The summed E-state index contributed by atoms with van der Waals surface area (Å²) in [4.78, 5) is 7.22. The summed E-state index contributed by atoms with van der Waals surface area (Å²) in [6, 6.07) is 10.8. The highest BCUT2D eigenvalue weighted by molar-refractivity contribution is 14.1. The second kappa shape index (κ2) is 4.90. The number of fused-ring (bicyclic) bond motifs is 1. The Labute approximate surface area is 115 Å². The number of rotatable bonds is 2. The molecule has 0 amide bonds. The highest BCUT2D eigenvalue weighted by atomic mass is 127. The van der Waals surface area contributed by atoms with Crippen LogP contribution in [0, 0.1) is 3.57 Å². The van der Waals surface area contributed by atoms with Crippen LogP contribution in [-0.4, -0.2) is 23.0 Å². The fourth-order valence-corrected chi connectivity index (χ4v) is 2.91. The molecular formula is C14H15IN2. The van der Waals surface area contributed by atoms with E-state index in [1.807, 2.05) is 0 Å². The minimum atomic E-state index is 1.00. The summed E-state index contributed by atoms with van der Waals surface area (Å²) in [5, 5.41) is 1.24. The number of nitrogens with zero attached hydrogens (tertiary/aromatic N) is 2. The number of halogens is 1. The van der Waals surface area contributed by atoms with Crippen LogP contribution < -0.4 is 0 Å². The predicted octanol–water partition coefficient (Wildman–Crippen LogP) is 3.44. The average molecular weight is 338 g/mol. The van der Waals surface area contributed by atoms with Crippen molar-refractivity contribution in [3.8, 4) is 0 Å². The number of aromatic nitrogens is 1. The van der Waals surface area contributed by atoms with Crippen LogP contribution in [0.4, 0.5) is 0 Å². The van der Waals surface area contributed by atoms with Crippen LogP contribution >= 0.6 is 22.6 Å². The van der Waals surface area contributed by atoms with Crippen molar-refractivity contribution in [1.82, 2.24) is 9.88 Å². The molecule has 0 radical (unpaired) electrons. The zero-order valence-electron chi connectivity index (χ0n) is 9.69. The molecule has 0 bridgehead atoms. The Balaban J connectivity index is 1.88. The first-order chi connectivity index (χ1) is 8.31. The van der Waals surface area contributed by atoms with Gasteiger partial charge in [0.25, 0.3) is 0 Å². The molecule has 1 fully saturated rings. The Morgan fingerprint density at radius 2 is 1.94 bits per heavy atom. The summed E-state index contributed by atoms with van der Waals surface area (Å²) in [6.45, 7) is 3.46. The van der Waals surface area contributed by atoms with E-state index < -0.39 is 0 Å². The molecule has 1 aromatic heterocycles. The Bertz CT molecular complexity index is 533. The first-order valence-electron chi connectivity index (χ1n) is 6.09. The molecule has 3 rings (SSSR count). The van der Waals surface area contributed by atoms with Crippen LogP contribution in [0.1, 0.15) is 18.5 Å². The molecule has 88 valence electrons. The predicted molar refractivity (Wildman–Crippen MR) is 79.0 cm³/mol. The second-order valence-corrected chi connectivity index (χ2v) is 5.87. The molecule has 1 aliphatic rings. The molecule has 1 saturated heterocycles. The maximum Gasteiger partial charge on any atom is 0.0706 e. The first-order valence-corrected chi connectivity index (χ1v) is 7.17. The monoisotopic (exact) mass is 338 g/mol. The van der Waals surface area contributed by atoms with E-state index in [1.165, 1.54) is 40.6 Å². The lowest BCUT2D eigenvalue weighted by molar-refractivity contribution is 0.327. The quantitative estimate of drug-likeness (QED) is 0.780. The maximum atomic E-state index is 4.73. The molecule has 0 saturated carbocycles. The van der Waals surface area contributed by atoms with Crippen molar-refractivity contribution in [1.29, 1.82) is 0 Å². The SMILES string of the molecule is Ic1ccc2nc(CN3CCCC3)ccc2c1. The van der Waals surface area contributed by atoms with Crippen LogP contribution in [0.15, 0.2) is 30.3 Å². The average Bonchev–Trinajstić information content (AvgIpc) is 2.82. The Hall–Kier alpha value is -0.680. The van der Waals surface area contributed by atoms with Gasteiger partial charge in [0.15, 0.2) is 0 Å². The zero-order valence-corrected chi connectivity index (χ0v) is 11.9. The zero-order chi connectivity index (χ0) is 11.7. The lowest BCUT2D eigenvalue weighted by Crippen LogP contribution is -2.19. The van der Waals surface area contributed by atoms with E-state index in [1.54, 1.807) is 0 Å². The molecule has 2 aromatic rings. The fourth-order valence-electron chi connectivity index (χ4n) is 2.40. The summed E-state index contributed by atoms with van der Waals surface area (Å²) in [5.74, 6) is 0. The molecule has 0 aliphatic carbocycles. The molecule has 3 heteroatoms. The third-order valence-corrected chi connectivity index (χ3v) is 3.96. The standard InChI is InChI=1S/C14H15IN2/c15-12-4-6-14-11(9-12)3-5-13(16-14)10-17-7-1-2-8-17/h3-6,9H,1-2,7-8,10H2. The van der Waals surface area contributed by atoms with Crippen molar-refractivity contribution in [2.24, 2.45) is 0 Å². The van der Waals surface area contributed by atoms with Crippen LogP contribution in [-0.2, 0) is 6.54 Å². The number of hydrogen-bond acceptors (Lipinski definition) is 2. The van der Waals surface area contributed by atoms with Crippen LogP contribution in [0.25, 0.3) is 10.9 Å². The van der Waals surface area contributed by atoms with E-state index in [4.69, 9.17) is 4.98 Å². The summed E-state index contributed by atoms with van der Waals surface area (Å²) in [5.41, 5.74) is 2.31. The second-order valence-electron chi connectivity index (χ2n) is 4.62. The van der Waals surface area contributed by atoms with Crippen molar-refractivity contribution in [3.63, 3.8) is 0 Å². The molecule has 0 spiro atoms. The van der Waals surface area contributed by atoms with Crippen LogP contribution in [0.3, 0.4) is 0 Å². The summed E-state index contributed by atoms with van der Waals surface area (Å²) in [6.07, 6.45) is 2.68. The molecule has 1 aliphatic heterocycles. The van der Waals surface area contributed by atoms with Gasteiger partial charge in [0.1, 0.15) is 0 Å². The lowest BCUT2D eigenvalue weighted by atomic mass is 10.2. The first kappa shape index (κ1) is 11.4. The molecule has 0 N–H and O–H groups in total. The van der Waals surface area contributed by atoms with E-state index >= 15 is 0 Å². The van der Waals surface area contributed by atoms with Gasteiger partial charge in [-0.05, 0) is 72.8 Å². The van der Waals surface area contributed by atoms with Gasteiger partial charge in [-0.1, -0.05) is 6.07 Å². The van der Waals surface area contributed by atoms with E-state index in [2.05, 4.69) is 57.8 Å². The van der Waals surface area contributed by atoms with E-state index in [-0.39, 0.29) is 0 Å². The Morgan fingerprint density at radius 3 is 2.76 bits per heavy atom. The summed E-state index contributed by atoms with van der Waals surface area (Å²) >= 11 is 2.34. The minimum absolute atomic E-state index is 1.00. The van der Waals surface area contributed by atoms with Gasteiger partial charge in [-0.3, -0.25) is 9.88 Å². The van der Waals surface area contributed by atoms with Gasteiger partial charge in [0.05, 0.1) is 11.2 Å². The van der Waals surface area contributed by atoms with Gasteiger partial charge >= 0.3 is 0 Å². The molecular weight excluding hydrogens is 323 g/mol. The lowest BCUT2D eigenvalue weighted by Gasteiger charge is -2.14. The number of pyridine rings is 1. The van der Waals surface area contributed by atoms with Gasteiger partial charge in [0.2, 0.25) is 0 Å². The third-order valence-electron chi connectivity index (χ3n) is 3.29. The van der Waals surface area contributed by atoms with E-state index in [9.17, 15) is 0 Å². The van der Waals surface area contributed by atoms with Gasteiger partial charge < -0.3 is 0 Å². The fraction of sp³-hybridized carbons (Fsp3) is 0.357. The molecule has 1 aromatic carbocycles. The third kappa shape index (κ3) is 2.60. The highest BCUT2D eigenvalue weighted by Crippen LogP contribution is 2.18. The number of benzene rings is 1. The van der Waals surface area contributed by atoms with Crippen molar-refractivity contribution < 1.29 is 0 Å². The normalized spacial score (nSPS) is 16.8. The molecule has 0 unspecified atom stereocenters. The van der Waals surface area contributed by atoms with Crippen molar-refractivity contribution in [2.75, 3.05) is 13.1 Å². The van der Waals surface area contributed by atoms with Gasteiger partial charge in [-0.15, -0.1) is 0 Å². The van der Waals surface area contributed by atoms with Crippen molar-refractivity contribution >= 4 is 33.5 Å². The summed E-state index contributed by atoms with van der Waals surface area (Å²) < 4.78 is 1.27.